The number of aromatic nitrogens is 1. The molecule has 0 saturated carbocycles. The highest BCUT2D eigenvalue weighted by Crippen LogP contribution is 2.23. The smallest absolute Gasteiger partial charge is 0.246 e. The van der Waals surface area contributed by atoms with Gasteiger partial charge in [0.15, 0.2) is 0 Å². The van der Waals surface area contributed by atoms with Gasteiger partial charge in [-0.3, -0.25) is 0 Å². The number of nitrogens with two attached hydrogens (primary N) is 1. The Kier molecular flexibility index (Phi) is 5.12. The molecule has 0 aliphatic carbocycles. The zero-order valence-corrected chi connectivity index (χ0v) is 13.1. The molecule has 1 aromatic rings. The fourth-order valence-corrected chi connectivity index (χ4v) is 3.12. The van der Waals surface area contributed by atoms with Crippen LogP contribution in [0.15, 0.2) is 21.6 Å². The van der Waals surface area contributed by atoms with Gasteiger partial charge in [0.25, 0.3) is 0 Å². The minimum atomic E-state index is -3.57. The average molecular weight is 336 g/mol. The summed E-state index contributed by atoms with van der Waals surface area (Å²) in [4.78, 5) is 3.89. The molecule has 7 heteroatoms. The van der Waals surface area contributed by atoms with Gasteiger partial charge in [-0.2, -0.15) is 0 Å². The molecule has 5 nitrogen and oxygen atoms in total. The maximum absolute atomic E-state index is 12.3. The SMILES string of the molecule is CC(C)CCN(C)S(=O)(=O)c1cc(Br)cnc1N. The van der Waals surface area contributed by atoms with E-state index in [9.17, 15) is 8.42 Å². The normalized spacial score (nSPS) is 12.3. The third-order valence-electron chi connectivity index (χ3n) is 2.56. The van der Waals surface area contributed by atoms with E-state index in [2.05, 4.69) is 34.8 Å². The van der Waals surface area contributed by atoms with Crippen molar-refractivity contribution < 1.29 is 8.42 Å². The van der Waals surface area contributed by atoms with Gasteiger partial charge in [0.05, 0.1) is 0 Å². The van der Waals surface area contributed by atoms with Gasteiger partial charge in [-0.25, -0.2) is 17.7 Å². The Hall–Kier alpha value is -0.660. The Bertz CT molecular complexity index is 517. The third kappa shape index (κ3) is 3.66. The van der Waals surface area contributed by atoms with Gasteiger partial charge in [-0.15, -0.1) is 0 Å². The van der Waals surface area contributed by atoms with Crippen LogP contribution in [0.25, 0.3) is 0 Å². The molecule has 0 atom stereocenters. The van der Waals surface area contributed by atoms with Crippen molar-refractivity contribution >= 4 is 31.8 Å². The number of halogens is 1. The highest BCUT2D eigenvalue weighted by Gasteiger charge is 2.24. The molecule has 2 N–H and O–H groups in total. The molecule has 0 radical (unpaired) electrons. The van der Waals surface area contributed by atoms with E-state index in [1.165, 1.54) is 16.6 Å². The topological polar surface area (TPSA) is 76.3 Å². The van der Waals surface area contributed by atoms with Crippen LogP contribution in [0.4, 0.5) is 5.82 Å². The second-order valence-electron chi connectivity index (χ2n) is 4.55. The van der Waals surface area contributed by atoms with Crippen LogP contribution in [-0.4, -0.2) is 31.3 Å². The molecule has 0 amide bonds. The summed E-state index contributed by atoms with van der Waals surface area (Å²) in [5.41, 5.74) is 5.63. The van der Waals surface area contributed by atoms with Crippen LogP contribution in [0.1, 0.15) is 20.3 Å². The van der Waals surface area contributed by atoms with Crippen LogP contribution in [0.2, 0.25) is 0 Å². The Morgan fingerprint density at radius 3 is 2.67 bits per heavy atom. The van der Waals surface area contributed by atoms with Gasteiger partial charge in [0.1, 0.15) is 10.7 Å². The van der Waals surface area contributed by atoms with Crippen LogP contribution < -0.4 is 5.73 Å². The van der Waals surface area contributed by atoms with Crippen molar-refractivity contribution in [2.45, 2.75) is 25.2 Å². The molecular formula is C11H18BrN3O2S. The summed E-state index contributed by atoms with van der Waals surface area (Å²) >= 11 is 3.20. The summed E-state index contributed by atoms with van der Waals surface area (Å²) in [6, 6.07) is 1.48. The lowest BCUT2D eigenvalue weighted by Gasteiger charge is -2.19. The van der Waals surface area contributed by atoms with Crippen LogP contribution in [0, 0.1) is 5.92 Å². The number of nitrogen functional groups attached to an aromatic ring is 1. The maximum atomic E-state index is 12.3. The molecular weight excluding hydrogens is 318 g/mol. The molecule has 18 heavy (non-hydrogen) atoms. The molecule has 0 saturated heterocycles. The van der Waals surface area contributed by atoms with Crippen LogP contribution in [-0.2, 0) is 10.0 Å². The van der Waals surface area contributed by atoms with Crippen molar-refractivity contribution in [3.63, 3.8) is 0 Å². The molecule has 0 aromatic carbocycles. The summed E-state index contributed by atoms with van der Waals surface area (Å²) in [7, 11) is -2.02. The summed E-state index contributed by atoms with van der Waals surface area (Å²) in [6.07, 6.45) is 2.28. The van der Waals surface area contributed by atoms with Crippen LogP contribution in [0.3, 0.4) is 0 Å². The number of pyridine rings is 1. The minimum absolute atomic E-state index is 0.0228. The fourth-order valence-electron chi connectivity index (χ4n) is 1.37. The zero-order chi connectivity index (χ0) is 13.9. The van der Waals surface area contributed by atoms with E-state index in [1.807, 2.05) is 0 Å². The molecule has 0 aliphatic heterocycles. The number of hydrogen-bond acceptors (Lipinski definition) is 4. The lowest BCUT2D eigenvalue weighted by Crippen LogP contribution is -2.29. The first kappa shape index (κ1) is 15.4. The van der Waals surface area contributed by atoms with Gasteiger partial charge in [0.2, 0.25) is 10.0 Å². The average Bonchev–Trinajstić information content (AvgIpc) is 2.28. The highest BCUT2D eigenvalue weighted by atomic mass is 79.9. The molecule has 0 spiro atoms. The molecule has 102 valence electrons. The van der Waals surface area contributed by atoms with Crippen molar-refractivity contribution in [3.8, 4) is 0 Å². The molecule has 1 heterocycles. The lowest BCUT2D eigenvalue weighted by molar-refractivity contribution is 0.428. The van der Waals surface area contributed by atoms with Gasteiger partial charge < -0.3 is 5.73 Å². The molecule has 0 unspecified atom stereocenters. The molecule has 0 aliphatic rings. The first-order valence-electron chi connectivity index (χ1n) is 5.62. The summed E-state index contributed by atoms with van der Waals surface area (Å²) in [5, 5.41) is 0. The maximum Gasteiger partial charge on any atom is 0.246 e. The number of sulfonamides is 1. The van der Waals surface area contributed by atoms with E-state index < -0.39 is 10.0 Å². The largest absolute Gasteiger partial charge is 0.383 e. The van der Waals surface area contributed by atoms with E-state index in [0.29, 0.717) is 16.9 Å². The van der Waals surface area contributed by atoms with Gasteiger partial charge >= 0.3 is 0 Å². The standard InChI is InChI=1S/C11H18BrN3O2S/c1-8(2)4-5-15(3)18(16,17)10-6-9(12)7-14-11(10)13/h6-8H,4-5H2,1-3H3,(H2,13,14). The second kappa shape index (κ2) is 5.99. The van der Waals surface area contributed by atoms with Crippen molar-refractivity contribution in [3.05, 3.63) is 16.7 Å². The van der Waals surface area contributed by atoms with E-state index in [-0.39, 0.29) is 10.7 Å². The molecule has 1 aromatic heterocycles. The second-order valence-corrected chi connectivity index (χ2v) is 7.47. The first-order valence-corrected chi connectivity index (χ1v) is 7.85. The van der Waals surface area contributed by atoms with Crippen molar-refractivity contribution in [2.24, 2.45) is 5.92 Å². The summed E-state index contributed by atoms with van der Waals surface area (Å²) < 4.78 is 26.5. The number of hydrogen-bond donors (Lipinski definition) is 1. The van der Waals surface area contributed by atoms with E-state index in [1.54, 1.807) is 7.05 Å². The Morgan fingerprint density at radius 2 is 2.11 bits per heavy atom. The van der Waals surface area contributed by atoms with Gasteiger partial charge in [-0.1, -0.05) is 13.8 Å². The van der Waals surface area contributed by atoms with Crippen molar-refractivity contribution in [1.29, 1.82) is 0 Å². The highest BCUT2D eigenvalue weighted by molar-refractivity contribution is 9.10. The van der Waals surface area contributed by atoms with E-state index >= 15 is 0 Å². The molecule has 1 rings (SSSR count). The summed E-state index contributed by atoms with van der Waals surface area (Å²) in [5.74, 6) is 0.468. The molecule has 0 fully saturated rings. The molecule has 0 bridgehead atoms. The van der Waals surface area contributed by atoms with E-state index in [0.717, 1.165) is 6.42 Å². The number of nitrogens with zero attached hydrogens (tertiary/aromatic N) is 2. The first-order chi connectivity index (χ1) is 8.25. The third-order valence-corrected chi connectivity index (χ3v) is 4.88. The minimum Gasteiger partial charge on any atom is -0.383 e. The monoisotopic (exact) mass is 335 g/mol. The van der Waals surface area contributed by atoms with Gasteiger partial charge in [-0.05, 0) is 34.3 Å². The number of rotatable bonds is 5. The fraction of sp³-hybridized carbons (Fsp3) is 0.545. The Balaban J connectivity index is 3.02. The van der Waals surface area contributed by atoms with Gasteiger partial charge in [0, 0.05) is 24.3 Å². The Labute approximate surface area is 117 Å². The predicted molar refractivity (Wildman–Crippen MR) is 75.6 cm³/mol. The van der Waals surface area contributed by atoms with Crippen LogP contribution >= 0.6 is 15.9 Å². The quantitative estimate of drug-likeness (QED) is 0.893. The van der Waals surface area contributed by atoms with E-state index in [4.69, 9.17) is 5.73 Å². The Morgan fingerprint density at radius 1 is 1.50 bits per heavy atom. The summed E-state index contributed by atoms with van der Waals surface area (Å²) in [6.45, 7) is 4.57. The zero-order valence-electron chi connectivity index (χ0n) is 10.7. The number of anilines is 1. The predicted octanol–water partition coefficient (Wildman–Crippen LogP) is 2.09. The van der Waals surface area contributed by atoms with Crippen molar-refractivity contribution in [1.82, 2.24) is 9.29 Å². The lowest BCUT2D eigenvalue weighted by atomic mass is 10.1. The van der Waals surface area contributed by atoms with Crippen LogP contribution in [0.5, 0.6) is 0 Å². The van der Waals surface area contributed by atoms with Crippen molar-refractivity contribution in [2.75, 3.05) is 19.3 Å².